The average Bonchev–Trinajstić information content (AvgIpc) is 2.79. The van der Waals surface area contributed by atoms with Crippen LogP contribution in [0.2, 0.25) is 0 Å². The Kier molecular flexibility index (Phi) is 4.04. The van der Waals surface area contributed by atoms with Gasteiger partial charge >= 0.3 is 0 Å². The van der Waals surface area contributed by atoms with Crippen LogP contribution < -0.4 is 5.73 Å². The van der Waals surface area contributed by atoms with Crippen molar-refractivity contribution in [2.75, 3.05) is 0 Å². The van der Waals surface area contributed by atoms with E-state index in [1.54, 1.807) is 12.4 Å². The van der Waals surface area contributed by atoms with Gasteiger partial charge in [-0.25, -0.2) is 0 Å². The Bertz CT molecular complexity index is 481. The number of hydrogen-bond donors (Lipinski definition) is 1. The second kappa shape index (κ2) is 5.73. The molecule has 2 heterocycles. The van der Waals surface area contributed by atoms with Gasteiger partial charge in [0.1, 0.15) is 0 Å². The van der Waals surface area contributed by atoms with Crippen LogP contribution >= 0.6 is 0 Å². The molecule has 0 aromatic carbocycles. The van der Waals surface area contributed by atoms with Crippen molar-refractivity contribution in [1.29, 1.82) is 0 Å². The predicted octanol–water partition coefficient (Wildman–Crippen LogP) is 1.90. The molecule has 0 aliphatic rings. The minimum Gasteiger partial charge on any atom is -0.339 e. The molecule has 5 nitrogen and oxygen atoms in total. The van der Waals surface area contributed by atoms with E-state index in [9.17, 15) is 0 Å². The molecule has 0 amide bonds. The summed E-state index contributed by atoms with van der Waals surface area (Å²) < 4.78 is 5.29. The summed E-state index contributed by atoms with van der Waals surface area (Å²) in [7, 11) is 0. The third-order valence-corrected chi connectivity index (χ3v) is 2.99. The summed E-state index contributed by atoms with van der Waals surface area (Å²) in [5, 5.41) is 4.00. The molecule has 18 heavy (non-hydrogen) atoms. The van der Waals surface area contributed by atoms with Crippen molar-refractivity contribution in [3.05, 3.63) is 41.8 Å². The number of hydrogen-bond acceptors (Lipinski definition) is 5. The smallest absolute Gasteiger partial charge is 0.231 e. The Morgan fingerprint density at radius 1 is 1.33 bits per heavy atom. The number of rotatable bonds is 5. The average molecular weight is 246 g/mol. The van der Waals surface area contributed by atoms with Crippen molar-refractivity contribution in [2.24, 2.45) is 5.73 Å². The van der Waals surface area contributed by atoms with Gasteiger partial charge in [0.05, 0.1) is 5.92 Å². The highest BCUT2D eigenvalue weighted by Crippen LogP contribution is 2.20. The minimum atomic E-state index is 0.0178. The molecule has 5 heteroatoms. The lowest BCUT2D eigenvalue weighted by Crippen LogP contribution is -2.24. The molecule has 2 atom stereocenters. The third-order valence-electron chi connectivity index (χ3n) is 2.99. The van der Waals surface area contributed by atoms with Gasteiger partial charge in [-0.1, -0.05) is 12.1 Å². The van der Waals surface area contributed by atoms with Gasteiger partial charge in [0.25, 0.3) is 0 Å². The van der Waals surface area contributed by atoms with Crippen LogP contribution in [0.4, 0.5) is 0 Å². The summed E-state index contributed by atoms with van der Waals surface area (Å²) in [6, 6.07) is 3.90. The second-order valence-electron chi connectivity index (χ2n) is 4.45. The van der Waals surface area contributed by atoms with Crippen LogP contribution in [-0.2, 0) is 6.42 Å². The summed E-state index contributed by atoms with van der Waals surface area (Å²) in [5.74, 6) is 1.45. The predicted molar refractivity (Wildman–Crippen MR) is 68.0 cm³/mol. The Labute approximate surface area is 106 Å². The van der Waals surface area contributed by atoms with Crippen LogP contribution in [0.5, 0.6) is 0 Å². The lowest BCUT2D eigenvalue weighted by molar-refractivity contribution is 0.331. The zero-order valence-corrected chi connectivity index (χ0v) is 10.7. The topological polar surface area (TPSA) is 77.8 Å². The number of nitrogens with zero attached hydrogens (tertiary/aromatic N) is 3. The lowest BCUT2D eigenvalue weighted by Gasteiger charge is -2.13. The highest BCUT2D eigenvalue weighted by atomic mass is 16.5. The van der Waals surface area contributed by atoms with E-state index in [1.807, 2.05) is 19.1 Å². The zero-order valence-electron chi connectivity index (χ0n) is 10.7. The van der Waals surface area contributed by atoms with Crippen molar-refractivity contribution < 1.29 is 4.52 Å². The molecule has 0 radical (unpaired) electrons. The lowest BCUT2D eigenvalue weighted by atomic mass is 9.99. The van der Waals surface area contributed by atoms with Crippen LogP contribution in [-0.4, -0.2) is 21.2 Å². The van der Waals surface area contributed by atoms with Gasteiger partial charge in [0.15, 0.2) is 5.82 Å². The molecule has 2 rings (SSSR count). The van der Waals surface area contributed by atoms with Crippen molar-refractivity contribution in [1.82, 2.24) is 15.1 Å². The van der Waals surface area contributed by atoms with E-state index in [2.05, 4.69) is 22.0 Å². The van der Waals surface area contributed by atoms with Crippen LogP contribution in [0, 0.1) is 0 Å². The van der Waals surface area contributed by atoms with Crippen molar-refractivity contribution in [2.45, 2.75) is 38.6 Å². The van der Waals surface area contributed by atoms with Gasteiger partial charge in [-0.15, -0.1) is 0 Å². The maximum atomic E-state index is 5.90. The first-order chi connectivity index (χ1) is 8.70. The number of aromatic nitrogens is 3. The quantitative estimate of drug-likeness (QED) is 0.871. The number of nitrogens with two attached hydrogens (primary N) is 1. The van der Waals surface area contributed by atoms with Gasteiger partial charge in [0.2, 0.25) is 5.89 Å². The molecule has 0 aliphatic carbocycles. The molecule has 2 N–H and O–H groups in total. The molecule has 0 aliphatic heterocycles. The Hall–Kier alpha value is -1.75. The van der Waals surface area contributed by atoms with Gasteiger partial charge in [-0.3, -0.25) is 4.98 Å². The fourth-order valence-electron chi connectivity index (χ4n) is 1.94. The van der Waals surface area contributed by atoms with Crippen molar-refractivity contribution >= 4 is 0 Å². The van der Waals surface area contributed by atoms with Crippen molar-refractivity contribution in [3.63, 3.8) is 0 Å². The minimum absolute atomic E-state index is 0.0178. The van der Waals surface area contributed by atoms with Crippen LogP contribution in [0.3, 0.4) is 0 Å². The Morgan fingerprint density at radius 2 is 2.06 bits per heavy atom. The van der Waals surface area contributed by atoms with Crippen LogP contribution in [0.15, 0.2) is 29.0 Å². The fourth-order valence-corrected chi connectivity index (χ4v) is 1.94. The maximum absolute atomic E-state index is 5.90. The van der Waals surface area contributed by atoms with Gasteiger partial charge < -0.3 is 10.3 Å². The fraction of sp³-hybridized carbons (Fsp3) is 0.462. The summed E-state index contributed by atoms with van der Waals surface area (Å²) in [5.41, 5.74) is 7.02. The molecule has 0 bridgehead atoms. The first kappa shape index (κ1) is 12.7. The number of pyridine rings is 1. The monoisotopic (exact) mass is 246 g/mol. The molecular formula is C13H18N4O. The summed E-state index contributed by atoms with van der Waals surface area (Å²) in [6.45, 7) is 4.03. The van der Waals surface area contributed by atoms with E-state index in [0.717, 1.165) is 12.0 Å². The molecule has 2 aromatic heterocycles. The van der Waals surface area contributed by atoms with E-state index in [-0.39, 0.29) is 12.0 Å². The van der Waals surface area contributed by atoms with E-state index in [4.69, 9.17) is 10.3 Å². The largest absolute Gasteiger partial charge is 0.339 e. The Balaban J connectivity index is 2.11. The first-order valence-corrected chi connectivity index (χ1v) is 6.17. The van der Waals surface area contributed by atoms with Crippen LogP contribution in [0.1, 0.15) is 43.5 Å². The van der Waals surface area contributed by atoms with Gasteiger partial charge in [-0.2, -0.15) is 4.98 Å². The standard InChI is InChI=1S/C13H18N4O/c1-3-11(9(2)14)13-16-12(17-18-13)8-10-4-6-15-7-5-10/h4-7,9,11H,3,8,14H2,1-2H3. The molecular weight excluding hydrogens is 228 g/mol. The molecule has 0 spiro atoms. The van der Waals surface area contributed by atoms with Gasteiger partial charge in [-0.05, 0) is 31.0 Å². The summed E-state index contributed by atoms with van der Waals surface area (Å²) in [6.07, 6.45) is 5.07. The highest BCUT2D eigenvalue weighted by molar-refractivity contribution is 5.15. The molecule has 96 valence electrons. The van der Waals surface area contributed by atoms with E-state index >= 15 is 0 Å². The highest BCUT2D eigenvalue weighted by Gasteiger charge is 2.20. The van der Waals surface area contributed by atoms with Gasteiger partial charge in [0, 0.05) is 24.9 Å². The molecule has 2 aromatic rings. The van der Waals surface area contributed by atoms with E-state index in [1.165, 1.54) is 0 Å². The zero-order chi connectivity index (χ0) is 13.0. The second-order valence-corrected chi connectivity index (χ2v) is 4.45. The Morgan fingerprint density at radius 3 is 2.67 bits per heavy atom. The summed E-state index contributed by atoms with van der Waals surface area (Å²) >= 11 is 0. The van der Waals surface area contributed by atoms with Crippen molar-refractivity contribution in [3.8, 4) is 0 Å². The normalized spacial score (nSPS) is 14.4. The first-order valence-electron chi connectivity index (χ1n) is 6.17. The molecule has 2 unspecified atom stereocenters. The molecule has 0 fully saturated rings. The molecule has 0 saturated heterocycles. The molecule has 0 saturated carbocycles. The summed E-state index contributed by atoms with van der Waals surface area (Å²) in [4.78, 5) is 8.40. The third kappa shape index (κ3) is 2.92. The SMILES string of the molecule is CCC(c1nc(Cc2ccncc2)no1)C(C)N. The van der Waals surface area contributed by atoms with E-state index < -0.39 is 0 Å². The maximum Gasteiger partial charge on any atom is 0.231 e. The van der Waals surface area contributed by atoms with E-state index in [0.29, 0.717) is 18.1 Å². The van der Waals surface area contributed by atoms with Crippen LogP contribution in [0.25, 0.3) is 0 Å².